The Kier molecular flexibility index (Phi) is 15.2. The molecule has 2 aromatic carbocycles. The second-order valence-corrected chi connectivity index (χ2v) is 24.0. The zero-order valence-corrected chi connectivity index (χ0v) is 46.1. The van der Waals surface area contributed by atoms with Crippen LogP contribution in [0.25, 0.3) is 10.4 Å². The predicted octanol–water partition coefficient (Wildman–Crippen LogP) is 9.05. The molecule has 8 heterocycles. The summed E-state index contributed by atoms with van der Waals surface area (Å²) in [6.45, 7) is 13.1. The average Bonchev–Trinajstić information content (AvgIpc) is 4.49. The van der Waals surface area contributed by atoms with Gasteiger partial charge in [0.05, 0.1) is 40.8 Å². The molecule has 6 atom stereocenters. The number of anilines is 3. The van der Waals surface area contributed by atoms with Crippen molar-refractivity contribution >= 4 is 52.3 Å². The Hall–Kier alpha value is -6.25. The molecule has 6 aliphatic rings. The van der Waals surface area contributed by atoms with E-state index in [1.165, 1.54) is 11.0 Å². The first kappa shape index (κ1) is 53.7. The number of nitrogens with zero attached hydrogens (tertiary/aromatic N) is 8. The fourth-order valence-electron chi connectivity index (χ4n) is 13.4. The Morgan fingerprint density at radius 1 is 0.949 bits per heavy atom. The van der Waals surface area contributed by atoms with Crippen molar-refractivity contribution in [2.24, 2.45) is 11.3 Å². The highest BCUT2D eigenvalue weighted by Crippen LogP contribution is 2.47. The van der Waals surface area contributed by atoms with Gasteiger partial charge in [-0.2, -0.15) is 5.10 Å². The first-order valence-corrected chi connectivity index (χ1v) is 28.9. The first-order valence-electron chi connectivity index (χ1n) is 28.0. The molecule has 78 heavy (non-hydrogen) atoms. The molecule has 1 saturated carbocycles. The minimum atomic E-state index is -2.89. The van der Waals surface area contributed by atoms with Gasteiger partial charge in [-0.25, -0.2) is 13.8 Å². The number of thiazole rings is 1. The maximum Gasteiger partial charge on any atom is 0.264 e. The summed E-state index contributed by atoms with van der Waals surface area (Å²) in [4.78, 5) is 68.2. The van der Waals surface area contributed by atoms with E-state index in [2.05, 4.69) is 25.5 Å². The van der Waals surface area contributed by atoms with Gasteiger partial charge in [0.1, 0.15) is 12.0 Å². The standard InChI is InChI=1S/C58H72F2N10O7S/c1-33(2)51(57(75)69-29-42(72)25-48(69)55(73)62-34(3)37-10-12-38(13-11-37)52-35(4)61-32-78-52)49-27-50(65-77-49)63-40-9-6-17-58(28-40)18-21-67(31-58)56(74)44-24-39-8-7-19-68(47(39)26-43(44)53(59)60)54-45-30-66(36(5)71)20-14-46(45)70(64-54)41-15-22-76-23-16-41/h10-13,24,26-27,32-34,40-42,48,51,53,72H,6-9,14-23,25,28-31H2,1-5H3,(H,62,73)(H,63,65)/t34-,40-,42+,48-,51+,58+/m0/s1. The number of fused-ring (bicyclic) bond motifs is 2. The number of rotatable bonds is 13. The van der Waals surface area contributed by atoms with Gasteiger partial charge in [-0.1, -0.05) is 49.7 Å². The minimum Gasteiger partial charge on any atom is -0.391 e. The van der Waals surface area contributed by atoms with Gasteiger partial charge in [-0.15, -0.1) is 11.3 Å². The van der Waals surface area contributed by atoms with E-state index >= 15 is 8.78 Å². The number of hydrogen-bond donors (Lipinski definition) is 3. The van der Waals surface area contributed by atoms with Crippen LogP contribution >= 0.6 is 11.3 Å². The van der Waals surface area contributed by atoms with Crippen molar-refractivity contribution in [1.29, 1.82) is 0 Å². The number of amides is 4. The second kappa shape index (κ2) is 22.1. The molecule has 4 amide bonds. The summed E-state index contributed by atoms with van der Waals surface area (Å²) < 4.78 is 44.4. The van der Waals surface area contributed by atoms with Gasteiger partial charge in [0.2, 0.25) is 17.7 Å². The van der Waals surface area contributed by atoms with E-state index in [0.717, 1.165) is 89.9 Å². The Morgan fingerprint density at radius 3 is 2.47 bits per heavy atom. The van der Waals surface area contributed by atoms with E-state index in [0.29, 0.717) is 81.9 Å². The Balaban J connectivity index is 0.750. The van der Waals surface area contributed by atoms with Crippen LogP contribution in [0.4, 0.5) is 26.1 Å². The summed E-state index contributed by atoms with van der Waals surface area (Å²) in [5.41, 5.74) is 7.80. The van der Waals surface area contributed by atoms with Gasteiger partial charge in [0.25, 0.3) is 12.3 Å². The third-order valence-electron chi connectivity index (χ3n) is 17.6. The van der Waals surface area contributed by atoms with Crippen LogP contribution < -0.4 is 15.5 Å². The molecule has 17 nitrogen and oxygen atoms in total. The van der Waals surface area contributed by atoms with Crippen molar-refractivity contribution in [3.05, 3.63) is 92.9 Å². The van der Waals surface area contributed by atoms with E-state index in [4.69, 9.17) is 14.4 Å². The molecule has 3 N–H and O–H groups in total. The monoisotopic (exact) mass is 1090 g/mol. The molecule has 5 aliphatic heterocycles. The van der Waals surface area contributed by atoms with Gasteiger partial charge in [-0.05, 0) is 105 Å². The summed E-state index contributed by atoms with van der Waals surface area (Å²) in [7, 11) is 0. The fraction of sp³-hybridized carbons (Fsp3) is 0.569. The largest absolute Gasteiger partial charge is 0.391 e. The number of likely N-dealkylation sites (tertiary alicyclic amines) is 2. The number of β-amino-alcohol motifs (C(OH)–C–C–N with tert-alkyl or cyclic N) is 1. The summed E-state index contributed by atoms with van der Waals surface area (Å²) in [5, 5.41) is 27.1. The van der Waals surface area contributed by atoms with Crippen molar-refractivity contribution < 1.29 is 42.3 Å². The molecule has 11 rings (SSSR count). The van der Waals surface area contributed by atoms with Gasteiger partial charge >= 0.3 is 0 Å². The van der Waals surface area contributed by atoms with Crippen LogP contribution in [0, 0.1) is 18.3 Å². The van der Waals surface area contributed by atoms with Gasteiger partial charge in [-0.3, -0.25) is 23.9 Å². The lowest BCUT2D eigenvalue weighted by molar-refractivity contribution is -0.141. The summed E-state index contributed by atoms with van der Waals surface area (Å²) in [6, 6.07) is 11.9. The van der Waals surface area contributed by atoms with Crippen molar-refractivity contribution in [2.45, 2.75) is 154 Å². The van der Waals surface area contributed by atoms with Crippen LogP contribution in [0.2, 0.25) is 0 Å². The van der Waals surface area contributed by atoms with E-state index in [1.807, 2.05) is 67.3 Å². The maximum absolute atomic E-state index is 15.3. The molecule has 0 unspecified atom stereocenters. The van der Waals surface area contributed by atoms with Crippen molar-refractivity contribution in [3.8, 4) is 10.4 Å². The number of aromatic nitrogens is 4. The van der Waals surface area contributed by atoms with Crippen LogP contribution in [0.3, 0.4) is 0 Å². The van der Waals surface area contributed by atoms with E-state index < -0.39 is 24.5 Å². The quantitative estimate of drug-likeness (QED) is 0.102. The molecule has 1 aliphatic carbocycles. The van der Waals surface area contributed by atoms with E-state index in [1.54, 1.807) is 35.3 Å². The van der Waals surface area contributed by atoms with Gasteiger partial charge in [0.15, 0.2) is 17.4 Å². The van der Waals surface area contributed by atoms with Crippen LogP contribution in [0.1, 0.15) is 160 Å². The van der Waals surface area contributed by atoms with Crippen LogP contribution in [-0.4, -0.2) is 127 Å². The Morgan fingerprint density at radius 2 is 1.74 bits per heavy atom. The molecule has 0 bridgehead atoms. The third-order valence-corrected chi connectivity index (χ3v) is 18.5. The summed E-state index contributed by atoms with van der Waals surface area (Å²) >= 11 is 1.58. The second-order valence-electron chi connectivity index (χ2n) is 23.1. The van der Waals surface area contributed by atoms with Crippen LogP contribution in [0.15, 0.2) is 52.5 Å². The molecule has 0 radical (unpaired) electrons. The zero-order chi connectivity index (χ0) is 54.6. The first-order chi connectivity index (χ1) is 37.5. The zero-order valence-electron chi connectivity index (χ0n) is 45.3. The number of aryl methyl sites for hydroxylation is 2. The van der Waals surface area contributed by atoms with Gasteiger partial charge in [0, 0.05) is 106 Å². The smallest absolute Gasteiger partial charge is 0.264 e. The highest BCUT2D eigenvalue weighted by molar-refractivity contribution is 7.13. The van der Waals surface area contributed by atoms with Crippen LogP contribution in [0.5, 0.6) is 0 Å². The number of alkyl halides is 2. The molecule has 3 saturated heterocycles. The topological polar surface area (TPSA) is 191 Å². The molecule has 3 aromatic heterocycles. The lowest BCUT2D eigenvalue weighted by atomic mass is 9.71. The summed E-state index contributed by atoms with van der Waals surface area (Å²) in [5.74, 6) is -0.514. The maximum atomic E-state index is 15.3. The van der Waals surface area contributed by atoms with E-state index in [-0.39, 0.29) is 77.2 Å². The molecule has 416 valence electrons. The average molecular weight is 1090 g/mol. The summed E-state index contributed by atoms with van der Waals surface area (Å²) in [6.07, 6.45) is 4.16. The number of benzene rings is 2. The Bertz CT molecular complexity index is 3040. The third kappa shape index (κ3) is 10.6. The molecular weight excluding hydrogens is 1020 g/mol. The van der Waals surface area contributed by atoms with Crippen LogP contribution in [-0.2, 0) is 38.5 Å². The highest BCUT2D eigenvalue weighted by atomic mass is 32.1. The van der Waals surface area contributed by atoms with E-state index in [9.17, 15) is 24.3 Å². The number of carbonyl (C=O) groups excluding carboxylic acids is 4. The number of aliphatic hydroxyl groups is 1. The van der Waals surface area contributed by atoms with Crippen molar-refractivity contribution in [3.63, 3.8) is 0 Å². The molecule has 1 spiro atoms. The molecule has 5 aromatic rings. The number of aliphatic hydroxyl groups excluding tert-OH is 1. The number of hydrogen-bond acceptors (Lipinski definition) is 13. The lowest BCUT2D eigenvalue weighted by Crippen LogP contribution is -2.48. The van der Waals surface area contributed by atoms with Crippen molar-refractivity contribution in [2.75, 3.05) is 56.2 Å². The molecule has 20 heteroatoms. The number of nitrogens with one attached hydrogen (secondary N) is 2. The lowest BCUT2D eigenvalue weighted by Gasteiger charge is -2.38. The predicted molar refractivity (Wildman–Crippen MR) is 291 cm³/mol. The minimum absolute atomic E-state index is 0.0165. The fourth-order valence-corrected chi connectivity index (χ4v) is 14.2. The number of carbonyl (C=O) groups is 4. The highest BCUT2D eigenvalue weighted by Gasteiger charge is 2.46. The molecular formula is C58H72F2N10O7S. The van der Waals surface area contributed by atoms with Crippen molar-refractivity contribution in [1.82, 2.24) is 39.9 Å². The molecule has 4 fully saturated rings. The number of halogens is 2. The SMILES string of the molecule is CC(=O)N1CCc2c(c(N3CCCc4cc(C(=O)N5CC[C@@]6(CCC[C@H](Nc7cc([C@H](C(=O)N8C[C@H](O)C[C@H]8C(=O)N[C@@H](C)c8ccc(-c9scnc9C)cc8)C(C)C)on7)C6)C5)c(C(F)F)cc43)nn2C2CCOCC2)C1. The number of ether oxygens (including phenoxy) is 1. The van der Waals surface area contributed by atoms with Gasteiger partial charge < -0.3 is 44.6 Å². The Labute approximate surface area is 458 Å². The normalized spacial score (nSPS) is 23.5.